The fourth-order valence-corrected chi connectivity index (χ4v) is 2.40. The molecule has 94 valence electrons. The molecule has 0 bridgehead atoms. The van der Waals surface area contributed by atoms with Gasteiger partial charge in [-0.25, -0.2) is 0 Å². The number of benzene rings is 1. The molecule has 1 aliphatic rings. The van der Waals surface area contributed by atoms with Gasteiger partial charge < -0.3 is 28.5 Å². The molecule has 0 atom stereocenters. The van der Waals surface area contributed by atoms with Gasteiger partial charge in [-0.1, -0.05) is 24.1 Å². The molecule has 0 amide bonds. The van der Waals surface area contributed by atoms with Gasteiger partial charge in [0.1, 0.15) is 13.1 Å². The van der Waals surface area contributed by atoms with Gasteiger partial charge in [0.05, 0.1) is 13.1 Å². The number of quaternary nitrogens is 1. The molecule has 0 N–H and O–H groups in total. The molecule has 0 radical (unpaired) electrons. The molecule has 0 aliphatic carbocycles. The van der Waals surface area contributed by atoms with Crippen molar-refractivity contribution in [2.24, 2.45) is 0 Å². The summed E-state index contributed by atoms with van der Waals surface area (Å²) in [4.78, 5) is 0. The van der Waals surface area contributed by atoms with Crippen molar-refractivity contribution in [1.82, 2.24) is 0 Å². The maximum atomic E-state index is 5.46. The van der Waals surface area contributed by atoms with Crippen LogP contribution in [0.4, 0.5) is 0 Å². The second kappa shape index (κ2) is 7.46. The van der Waals surface area contributed by atoms with Gasteiger partial charge in [0, 0.05) is 18.4 Å². The average Bonchev–Trinajstić information content (AvgIpc) is 2.80. The summed E-state index contributed by atoms with van der Waals surface area (Å²) in [6, 6.07) is 10.1. The Kier molecular flexibility index (Phi) is 6.25. The molecule has 0 spiro atoms. The summed E-state index contributed by atoms with van der Waals surface area (Å²) in [5.41, 5.74) is 1.09. The van der Waals surface area contributed by atoms with Crippen LogP contribution in [0.25, 0.3) is 0 Å². The van der Waals surface area contributed by atoms with Gasteiger partial charge in [0.15, 0.2) is 0 Å². The predicted octanol–water partition coefficient (Wildman–Crippen LogP) is -0.714. The highest BCUT2D eigenvalue weighted by Gasteiger charge is 2.29. The number of halogens is 1. The van der Waals surface area contributed by atoms with E-state index >= 15 is 0 Å². The lowest BCUT2D eigenvalue weighted by atomic mass is 10.2. The van der Waals surface area contributed by atoms with Crippen molar-refractivity contribution in [2.75, 3.05) is 26.2 Å². The van der Waals surface area contributed by atoms with Crippen molar-refractivity contribution in [3.8, 4) is 24.2 Å². The Balaban J connectivity index is 0.00000162. The number of hydrogen-bond donors (Lipinski definition) is 0. The van der Waals surface area contributed by atoms with Crippen LogP contribution in [0.15, 0.2) is 30.3 Å². The van der Waals surface area contributed by atoms with Crippen molar-refractivity contribution in [1.29, 1.82) is 0 Å². The Bertz CT molecular complexity index is 455. The van der Waals surface area contributed by atoms with Gasteiger partial charge in [-0.3, -0.25) is 0 Å². The highest BCUT2D eigenvalue weighted by molar-refractivity contribution is 5.33. The van der Waals surface area contributed by atoms with E-state index < -0.39 is 0 Å². The lowest BCUT2D eigenvalue weighted by Gasteiger charge is -2.29. The number of terminal acetylenes is 1. The molecule has 1 aromatic carbocycles. The Labute approximate surface area is 127 Å². The second-order valence-corrected chi connectivity index (χ2v) is 4.68. The third kappa shape index (κ3) is 4.05. The summed E-state index contributed by atoms with van der Waals surface area (Å²) in [5.74, 6) is 9.32. The second-order valence-electron chi connectivity index (χ2n) is 4.68. The summed E-state index contributed by atoms with van der Waals surface area (Å²) in [6.45, 7) is 4.09. The van der Waals surface area contributed by atoms with Crippen molar-refractivity contribution in [3.63, 3.8) is 0 Å². The molecule has 2 heteroatoms. The average molecular weight is 351 g/mol. The first-order chi connectivity index (χ1) is 8.35. The van der Waals surface area contributed by atoms with Crippen molar-refractivity contribution >= 4 is 0 Å². The van der Waals surface area contributed by atoms with Gasteiger partial charge >= 0.3 is 0 Å². The van der Waals surface area contributed by atoms with Crippen LogP contribution in [0.5, 0.6) is 0 Å². The molecule has 0 aromatic heterocycles. The molecular formula is C16H18IN. The molecule has 2 rings (SSSR count). The van der Waals surface area contributed by atoms with Crippen molar-refractivity contribution < 1.29 is 28.5 Å². The van der Waals surface area contributed by atoms with Gasteiger partial charge in [-0.05, 0) is 24.0 Å². The lowest BCUT2D eigenvalue weighted by Crippen LogP contribution is -3.00. The first-order valence-corrected chi connectivity index (χ1v) is 6.17. The molecule has 1 nitrogen and oxygen atoms in total. The first kappa shape index (κ1) is 15.1. The fraction of sp³-hybridized carbons (Fsp3) is 0.375. The summed E-state index contributed by atoms with van der Waals surface area (Å²) in [7, 11) is 0. The summed E-state index contributed by atoms with van der Waals surface area (Å²) in [6.07, 6.45) is 8.04. The minimum absolute atomic E-state index is 0. The van der Waals surface area contributed by atoms with E-state index in [9.17, 15) is 0 Å². The largest absolute Gasteiger partial charge is 1.00 e. The van der Waals surface area contributed by atoms with Crippen LogP contribution >= 0.6 is 0 Å². The minimum atomic E-state index is 0. The molecule has 18 heavy (non-hydrogen) atoms. The highest BCUT2D eigenvalue weighted by atomic mass is 127. The van der Waals surface area contributed by atoms with E-state index in [4.69, 9.17) is 6.42 Å². The van der Waals surface area contributed by atoms with Crippen LogP contribution in [-0.2, 0) is 0 Å². The van der Waals surface area contributed by atoms with E-state index in [-0.39, 0.29) is 24.0 Å². The summed E-state index contributed by atoms with van der Waals surface area (Å²) in [5, 5.41) is 0. The summed E-state index contributed by atoms with van der Waals surface area (Å²) >= 11 is 0. The molecule has 0 saturated carbocycles. The van der Waals surface area contributed by atoms with Crippen molar-refractivity contribution in [2.45, 2.75) is 12.8 Å². The third-order valence-corrected chi connectivity index (χ3v) is 3.36. The number of hydrogen-bond acceptors (Lipinski definition) is 0. The van der Waals surface area contributed by atoms with Gasteiger partial charge in [-0.2, -0.15) is 0 Å². The van der Waals surface area contributed by atoms with E-state index in [2.05, 4.69) is 17.8 Å². The van der Waals surface area contributed by atoms with E-state index in [0.717, 1.165) is 23.1 Å². The standard InChI is InChI=1S/C16H18N.HI/c1-2-12-17(13-6-7-14-17)15-8-11-16-9-4-3-5-10-16;/h1,3-5,9-10H,6-7,12-15H2;1H/q+1;/p-1. The molecule has 1 saturated heterocycles. The number of nitrogens with zero attached hydrogens (tertiary/aromatic N) is 1. The normalized spacial score (nSPS) is 15.9. The molecular weight excluding hydrogens is 333 g/mol. The van der Waals surface area contributed by atoms with Gasteiger partial charge in [0.25, 0.3) is 0 Å². The maximum Gasteiger partial charge on any atom is 0.142 e. The summed E-state index contributed by atoms with van der Waals surface area (Å²) < 4.78 is 0.996. The number of rotatable bonds is 2. The topological polar surface area (TPSA) is 0 Å². The monoisotopic (exact) mass is 351 g/mol. The smallest absolute Gasteiger partial charge is 0.142 e. The molecule has 1 fully saturated rings. The Morgan fingerprint density at radius 2 is 1.72 bits per heavy atom. The van der Waals surface area contributed by atoms with E-state index in [0.29, 0.717) is 0 Å². The third-order valence-electron chi connectivity index (χ3n) is 3.36. The van der Waals surface area contributed by atoms with Gasteiger partial charge in [-0.15, -0.1) is 6.42 Å². The predicted molar refractivity (Wildman–Crippen MR) is 71.1 cm³/mol. The zero-order valence-corrected chi connectivity index (χ0v) is 12.7. The molecule has 1 aromatic rings. The Hall–Kier alpha value is -0.970. The molecule has 1 aliphatic heterocycles. The SMILES string of the molecule is C#CC[N+]1(CC#Cc2ccccc2)CCCC1.[I-]. The van der Waals surface area contributed by atoms with E-state index in [1.165, 1.54) is 25.9 Å². The molecule has 0 unspecified atom stereocenters. The highest BCUT2D eigenvalue weighted by Crippen LogP contribution is 2.17. The zero-order valence-electron chi connectivity index (χ0n) is 10.5. The van der Waals surface area contributed by atoms with Crippen molar-refractivity contribution in [3.05, 3.63) is 35.9 Å². The fourth-order valence-electron chi connectivity index (χ4n) is 2.40. The van der Waals surface area contributed by atoms with Crippen LogP contribution in [0, 0.1) is 24.2 Å². The van der Waals surface area contributed by atoms with Gasteiger partial charge in [0.2, 0.25) is 0 Å². The van der Waals surface area contributed by atoms with Crippen LogP contribution in [0.2, 0.25) is 0 Å². The first-order valence-electron chi connectivity index (χ1n) is 6.17. The van der Waals surface area contributed by atoms with E-state index in [1.54, 1.807) is 0 Å². The minimum Gasteiger partial charge on any atom is -1.00 e. The number of likely N-dealkylation sites (tertiary alicyclic amines) is 1. The zero-order chi connectivity index (χ0) is 12.0. The Morgan fingerprint density at radius 1 is 1.06 bits per heavy atom. The quantitative estimate of drug-likeness (QED) is 0.375. The van der Waals surface area contributed by atoms with Crippen LogP contribution in [-0.4, -0.2) is 30.7 Å². The van der Waals surface area contributed by atoms with E-state index in [1.807, 2.05) is 30.3 Å². The molecule has 1 heterocycles. The van der Waals surface area contributed by atoms with Crippen LogP contribution in [0.3, 0.4) is 0 Å². The maximum absolute atomic E-state index is 5.46. The lowest BCUT2D eigenvalue weighted by molar-refractivity contribution is -0.903. The van der Waals surface area contributed by atoms with Crippen LogP contribution < -0.4 is 24.0 Å². The Morgan fingerprint density at radius 3 is 2.33 bits per heavy atom. The van der Waals surface area contributed by atoms with Crippen LogP contribution in [0.1, 0.15) is 18.4 Å².